The molecule has 116 valence electrons. The van der Waals surface area contributed by atoms with E-state index in [1.807, 2.05) is 12.1 Å². The minimum atomic E-state index is -3.66. The predicted octanol–water partition coefficient (Wildman–Crippen LogP) is 0.261. The van der Waals surface area contributed by atoms with Crippen molar-refractivity contribution in [2.24, 2.45) is 0 Å². The number of hydrogen-bond acceptors (Lipinski definition) is 5. The molecule has 0 aliphatic carbocycles. The zero-order valence-corrected chi connectivity index (χ0v) is 13.1. The SMILES string of the molecule is O=S1(=O)CCC(S(=O)(=O)Nc2ccc3c(c2)CNCC3)C1. The summed E-state index contributed by atoms with van der Waals surface area (Å²) in [5.41, 5.74) is 2.81. The zero-order chi connectivity index (χ0) is 15.1. The fourth-order valence-electron chi connectivity index (χ4n) is 2.80. The van der Waals surface area contributed by atoms with Crippen molar-refractivity contribution in [3.63, 3.8) is 0 Å². The normalized spacial score (nSPS) is 24.5. The fraction of sp³-hybridized carbons (Fsp3) is 0.538. The van der Waals surface area contributed by atoms with Crippen LogP contribution in [0.1, 0.15) is 17.5 Å². The molecule has 0 saturated carbocycles. The highest BCUT2D eigenvalue weighted by atomic mass is 32.2. The van der Waals surface area contributed by atoms with E-state index < -0.39 is 25.1 Å². The quantitative estimate of drug-likeness (QED) is 0.829. The highest BCUT2D eigenvalue weighted by Gasteiger charge is 2.37. The molecule has 0 aromatic heterocycles. The van der Waals surface area contributed by atoms with Gasteiger partial charge in [0.15, 0.2) is 9.84 Å². The Morgan fingerprint density at radius 2 is 2.05 bits per heavy atom. The number of rotatable bonds is 3. The lowest BCUT2D eigenvalue weighted by molar-refractivity contribution is 0.587. The lowest BCUT2D eigenvalue weighted by Crippen LogP contribution is -2.29. The van der Waals surface area contributed by atoms with Crippen molar-refractivity contribution in [2.45, 2.75) is 24.6 Å². The molecule has 3 rings (SSSR count). The maximum absolute atomic E-state index is 12.3. The van der Waals surface area contributed by atoms with E-state index >= 15 is 0 Å². The van der Waals surface area contributed by atoms with Crippen molar-refractivity contribution < 1.29 is 16.8 Å². The Morgan fingerprint density at radius 1 is 1.24 bits per heavy atom. The predicted molar refractivity (Wildman–Crippen MR) is 81.5 cm³/mol. The van der Waals surface area contributed by atoms with Gasteiger partial charge in [-0.1, -0.05) is 6.07 Å². The van der Waals surface area contributed by atoms with E-state index in [4.69, 9.17) is 0 Å². The van der Waals surface area contributed by atoms with Crippen molar-refractivity contribution in [1.82, 2.24) is 5.32 Å². The molecule has 0 amide bonds. The molecule has 0 radical (unpaired) electrons. The largest absolute Gasteiger partial charge is 0.312 e. The Hall–Kier alpha value is -1.12. The van der Waals surface area contributed by atoms with Gasteiger partial charge in [0.25, 0.3) is 0 Å². The Morgan fingerprint density at radius 3 is 2.76 bits per heavy atom. The average molecular weight is 330 g/mol. The Kier molecular flexibility index (Phi) is 3.71. The molecule has 1 atom stereocenters. The second kappa shape index (κ2) is 5.26. The van der Waals surface area contributed by atoms with Crippen LogP contribution in [0.15, 0.2) is 18.2 Å². The molecule has 2 aliphatic rings. The van der Waals surface area contributed by atoms with E-state index in [9.17, 15) is 16.8 Å². The third-order valence-electron chi connectivity index (χ3n) is 3.98. The van der Waals surface area contributed by atoms with Crippen LogP contribution in [0.2, 0.25) is 0 Å². The number of sulfonamides is 1. The van der Waals surface area contributed by atoms with E-state index in [1.165, 1.54) is 5.56 Å². The standard InChI is InChI=1S/C13H18N2O4S2/c16-20(17)6-4-13(9-20)21(18,19)15-12-2-1-10-3-5-14-8-11(10)7-12/h1-2,7,13-15H,3-6,8-9H2. The third kappa shape index (κ3) is 3.22. The van der Waals surface area contributed by atoms with Crippen molar-refractivity contribution in [2.75, 3.05) is 22.8 Å². The van der Waals surface area contributed by atoms with Crippen LogP contribution >= 0.6 is 0 Å². The molecule has 1 unspecified atom stereocenters. The molecule has 1 saturated heterocycles. The summed E-state index contributed by atoms with van der Waals surface area (Å²) in [5.74, 6) is -0.332. The number of fused-ring (bicyclic) bond motifs is 1. The van der Waals surface area contributed by atoms with E-state index in [-0.39, 0.29) is 17.9 Å². The average Bonchev–Trinajstić information content (AvgIpc) is 2.79. The van der Waals surface area contributed by atoms with Gasteiger partial charge in [-0.3, -0.25) is 4.72 Å². The van der Waals surface area contributed by atoms with Crippen LogP contribution in [-0.2, 0) is 32.8 Å². The van der Waals surface area contributed by atoms with Gasteiger partial charge in [-0.05, 0) is 42.6 Å². The lowest BCUT2D eigenvalue weighted by atomic mass is 10.0. The molecule has 6 nitrogen and oxygen atoms in total. The van der Waals surface area contributed by atoms with Gasteiger partial charge in [-0.2, -0.15) is 0 Å². The molecule has 21 heavy (non-hydrogen) atoms. The molecule has 2 aliphatic heterocycles. The molecule has 0 bridgehead atoms. The van der Waals surface area contributed by atoms with E-state index in [0.717, 1.165) is 25.1 Å². The van der Waals surface area contributed by atoms with Crippen LogP contribution in [0.3, 0.4) is 0 Å². The number of sulfone groups is 1. The summed E-state index contributed by atoms with van der Waals surface area (Å²) < 4.78 is 49.9. The van der Waals surface area contributed by atoms with Gasteiger partial charge >= 0.3 is 0 Å². The summed E-state index contributed by atoms with van der Waals surface area (Å²) in [6.45, 7) is 1.65. The minimum absolute atomic E-state index is 0.0489. The van der Waals surface area contributed by atoms with Gasteiger partial charge in [-0.25, -0.2) is 16.8 Å². The Bertz CT molecular complexity index is 756. The van der Waals surface area contributed by atoms with Gasteiger partial charge in [0.2, 0.25) is 10.0 Å². The second-order valence-corrected chi connectivity index (χ2v) is 9.77. The minimum Gasteiger partial charge on any atom is -0.312 e. The monoisotopic (exact) mass is 330 g/mol. The van der Waals surface area contributed by atoms with Gasteiger partial charge in [0.1, 0.15) is 0 Å². The number of hydrogen-bond donors (Lipinski definition) is 2. The second-order valence-electron chi connectivity index (χ2n) is 5.58. The molecular weight excluding hydrogens is 312 g/mol. The smallest absolute Gasteiger partial charge is 0.236 e. The molecule has 8 heteroatoms. The molecule has 2 N–H and O–H groups in total. The van der Waals surface area contributed by atoms with Gasteiger partial charge in [-0.15, -0.1) is 0 Å². The van der Waals surface area contributed by atoms with E-state index in [0.29, 0.717) is 5.69 Å². The first kappa shape index (κ1) is 14.8. The van der Waals surface area contributed by atoms with Crippen LogP contribution in [-0.4, -0.2) is 40.1 Å². The third-order valence-corrected chi connectivity index (χ3v) is 7.76. The van der Waals surface area contributed by atoms with Crippen LogP contribution in [0, 0.1) is 0 Å². The molecular formula is C13H18N2O4S2. The first-order valence-electron chi connectivity index (χ1n) is 6.90. The molecule has 1 aromatic carbocycles. The van der Waals surface area contributed by atoms with Gasteiger partial charge < -0.3 is 5.32 Å². The summed E-state index contributed by atoms with van der Waals surface area (Å²) in [7, 11) is -6.87. The van der Waals surface area contributed by atoms with Crippen molar-refractivity contribution in [3.05, 3.63) is 29.3 Å². The van der Waals surface area contributed by atoms with Crippen molar-refractivity contribution in [3.8, 4) is 0 Å². The topological polar surface area (TPSA) is 92.3 Å². The first-order valence-corrected chi connectivity index (χ1v) is 10.3. The highest BCUT2D eigenvalue weighted by Crippen LogP contribution is 2.24. The fourth-order valence-corrected chi connectivity index (χ4v) is 6.88. The molecule has 0 spiro atoms. The van der Waals surface area contributed by atoms with Crippen LogP contribution in [0.4, 0.5) is 5.69 Å². The van der Waals surface area contributed by atoms with Gasteiger partial charge in [0, 0.05) is 12.2 Å². The highest BCUT2D eigenvalue weighted by molar-refractivity contribution is 7.97. The van der Waals surface area contributed by atoms with Crippen LogP contribution < -0.4 is 10.0 Å². The molecule has 1 fully saturated rings. The van der Waals surface area contributed by atoms with Crippen LogP contribution in [0.5, 0.6) is 0 Å². The maximum atomic E-state index is 12.3. The number of benzene rings is 1. The summed E-state index contributed by atoms with van der Waals surface area (Å²) in [6, 6.07) is 5.49. The maximum Gasteiger partial charge on any atom is 0.236 e. The lowest BCUT2D eigenvalue weighted by Gasteiger charge is -2.19. The van der Waals surface area contributed by atoms with Crippen molar-refractivity contribution in [1.29, 1.82) is 0 Å². The number of nitrogens with one attached hydrogen (secondary N) is 2. The summed E-state index contributed by atoms with van der Waals surface area (Å²) in [5, 5.41) is 2.39. The van der Waals surface area contributed by atoms with Gasteiger partial charge in [0.05, 0.1) is 16.8 Å². The van der Waals surface area contributed by atoms with Crippen LogP contribution in [0.25, 0.3) is 0 Å². The van der Waals surface area contributed by atoms with E-state index in [2.05, 4.69) is 10.0 Å². The number of anilines is 1. The zero-order valence-electron chi connectivity index (χ0n) is 11.5. The first-order chi connectivity index (χ1) is 9.86. The summed E-state index contributed by atoms with van der Waals surface area (Å²) >= 11 is 0. The summed E-state index contributed by atoms with van der Waals surface area (Å²) in [6.07, 6.45) is 1.10. The Labute approximate surface area is 124 Å². The van der Waals surface area contributed by atoms with E-state index in [1.54, 1.807) is 6.07 Å². The molecule has 2 heterocycles. The summed E-state index contributed by atoms with van der Waals surface area (Å²) in [4.78, 5) is 0. The molecule has 1 aromatic rings. The Balaban J connectivity index is 1.80. The van der Waals surface area contributed by atoms with Crippen molar-refractivity contribution >= 4 is 25.5 Å².